The molecule has 4 heteroatoms. The van der Waals surface area contributed by atoms with Crippen molar-refractivity contribution in [1.29, 1.82) is 0 Å². The maximum Gasteiger partial charge on any atom is 0.106 e. The summed E-state index contributed by atoms with van der Waals surface area (Å²) in [5.74, 6) is 0. The van der Waals surface area contributed by atoms with Gasteiger partial charge in [0.2, 0.25) is 0 Å². The molecule has 0 spiro atoms. The lowest BCUT2D eigenvalue weighted by atomic mass is 9.97. The van der Waals surface area contributed by atoms with Crippen molar-refractivity contribution < 1.29 is 5.11 Å². The first-order valence-electron chi connectivity index (χ1n) is 8.88. The first-order valence-corrected chi connectivity index (χ1v) is 8.88. The Labute approximate surface area is 148 Å². The van der Waals surface area contributed by atoms with Gasteiger partial charge in [-0.15, -0.1) is 0 Å². The highest BCUT2D eigenvalue weighted by molar-refractivity contribution is 5.86. The van der Waals surface area contributed by atoms with E-state index in [0.717, 1.165) is 25.1 Å². The maximum atomic E-state index is 11.2. The van der Waals surface area contributed by atoms with Gasteiger partial charge in [-0.25, -0.2) is 0 Å². The van der Waals surface area contributed by atoms with Crippen LogP contribution in [-0.4, -0.2) is 33.1 Å². The molecular weight excluding hydrogens is 310 g/mol. The van der Waals surface area contributed by atoms with Crippen molar-refractivity contribution >= 4 is 10.9 Å². The van der Waals surface area contributed by atoms with E-state index in [-0.39, 0.29) is 0 Å². The van der Waals surface area contributed by atoms with E-state index in [2.05, 4.69) is 46.6 Å². The van der Waals surface area contributed by atoms with Crippen molar-refractivity contribution in [2.75, 3.05) is 13.6 Å². The summed E-state index contributed by atoms with van der Waals surface area (Å²) in [5, 5.41) is 12.5. The molecule has 0 radical (unpaired) electrons. The molecule has 130 valence electrons. The van der Waals surface area contributed by atoms with Crippen LogP contribution >= 0.6 is 0 Å². The summed E-state index contributed by atoms with van der Waals surface area (Å²) in [5.41, 5.74) is 5.16. The van der Waals surface area contributed by atoms with Gasteiger partial charge in [0, 0.05) is 47.6 Å². The summed E-state index contributed by atoms with van der Waals surface area (Å²) in [6.07, 6.45) is 4.56. The van der Waals surface area contributed by atoms with Crippen LogP contribution in [0.2, 0.25) is 0 Å². The smallest absolute Gasteiger partial charge is 0.106 e. The van der Waals surface area contributed by atoms with Gasteiger partial charge in [-0.3, -0.25) is 4.98 Å². The van der Waals surface area contributed by atoms with Crippen molar-refractivity contribution in [1.82, 2.24) is 14.5 Å². The lowest BCUT2D eigenvalue weighted by Gasteiger charge is -2.29. The number of aromatic nitrogens is 2. The molecule has 0 fully saturated rings. The zero-order chi connectivity index (χ0) is 17.6. The van der Waals surface area contributed by atoms with Crippen LogP contribution in [-0.2, 0) is 25.1 Å². The summed E-state index contributed by atoms with van der Waals surface area (Å²) in [4.78, 5) is 6.53. The third-order valence-electron chi connectivity index (χ3n) is 5.35. The number of aliphatic hydroxyl groups is 1. The van der Waals surface area contributed by atoms with Crippen LogP contribution in [0.3, 0.4) is 0 Å². The lowest BCUT2D eigenvalue weighted by molar-refractivity contribution is 0.0377. The molecule has 0 bridgehead atoms. The zero-order valence-electron chi connectivity index (χ0n) is 15.2. The molecule has 25 heavy (non-hydrogen) atoms. The van der Waals surface area contributed by atoms with Crippen LogP contribution in [0.15, 0.2) is 42.7 Å². The number of aryl methyl sites for hydroxylation is 1. The topological polar surface area (TPSA) is 41.3 Å². The molecule has 1 N–H and O–H groups in total. The SMILES string of the molecule is Cc1ccc2c(c1)c1c(n2CC(C)(O)c2cccnc2)CN(C)CC1. The molecular formula is C21H25N3O. The Morgan fingerprint density at radius 1 is 1.28 bits per heavy atom. The number of likely N-dealkylation sites (N-methyl/N-ethyl adjacent to an activating group) is 1. The van der Waals surface area contributed by atoms with Crippen LogP contribution in [0.25, 0.3) is 10.9 Å². The van der Waals surface area contributed by atoms with Crippen LogP contribution in [0.4, 0.5) is 0 Å². The van der Waals surface area contributed by atoms with E-state index >= 15 is 0 Å². The molecule has 4 nitrogen and oxygen atoms in total. The predicted molar refractivity (Wildman–Crippen MR) is 101 cm³/mol. The van der Waals surface area contributed by atoms with Crippen LogP contribution in [0.5, 0.6) is 0 Å². The minimum absolute atomic E-state index is 0.529. The lowest BCUT2D eigenvalue weighted by Crippen LogP contribution is -2.32. The molecule has 0 aliphatic carbocycles. The summed E-state index contributed by atoms with van der Waals surface area (Å²) < 4.78 is 2.31. The summed E-state index contributed by atoms with van der Waals surface area (Å²) in [7, 11) is 2.16. The van der Waals surface area contributed by atoms with Gasteiger partial charge in [0.1, 0.15) is 5.60 Å². The molecule has 1 unspecified atom stereocenters. The second kappa shape index (κ2) is 5.97. The number of hydrogen-bond donors (Lipinski definition) is 1. The summed E-state index contributed by atoms with van der Waals surface area (Å²) in [6, 6.07) is 10.5. The largest absolute Gasteiger partial charge is 0.384 e. The zero-order valence-corrected chi connectivity index (χ0v) is 15.2. The van der Waals surface area contributed by atoms with Gasteiger partial charge in [-0.1, -0.05) is 17.7 Å². The van der Waals surface area contributed by atoms with E-state index in [9.17, 15) is 5.11 Å². The highest BCUT2D eigenvalue weighted by Crippen LogP contribution is 2.34. The fraction of sp³-hybridized carbons (Fsp3) is 0.381. The van der Waals surface area contributed by atoms with Crippen LogP contribution in [0.1, 0.15) is 29.3 Å². The molecule has 3 aromatic rings. The quantitative estimate of drug-likeness (QED) is 0.799. The summed E-state index contributed by atoms with van der Waals surface area (Å²) in [6.45, 7) is 6.56. The van der Waals surface area contributed by atoms with E-state index in [0.29, 0.717) is 6.54 Å². The van der Waals surface area contributed by atoms with Crippen molar-refractivity contribution in [3.63, 3.8) is 0 Å². The molecule has 1 aliphatic heterocycles. The average molecular weight is 335 g/mol. The molecule has 4 rings (SSSR count). The Hall–Kier alpha value is -2.17. The van der Waals surface area contributed by atoms with E-state index in [1.807, 2.05) is 19.1 Å². The van der Waals surface area contributed by atoms with Gasteiger partial charge in [-0.05, 0) is 51.1 Å². The summed E-state index contributed by atoms with van der Waals surface area (Å²) >= 11 is 0. The standard InChI is InChI=1S/C21H25N3O/c1-15-6-7-19-18(11-15)17-8-10-23(3)13-20(17)24(19)14-21(2,25)16-5-4-9-22-12-16/h4-7,9,11-12,25H,8,10,13-14H2,1-3H3. The normalized spacial score (nSPS) is 17.4. The number of nitrogens with zero attached hydrogens (tertiary/aromatic N) is 3. The van der Waals surface area contributed by atoms with Crippen LogP contribution < -0.4 is 0 Å². The van der Waals surface area contributed by atoms with E-state index in [4.69, 9.17) is 0 Å². The maximum absolute atomic E-state index is 11.2. The third-order valence-corrected chi connectivity index (χ3v) is 5.35. The molecule has 1 atom stereocenters. The highest BCUT2D eigenvalue weighted by atomic mass is 16.3. The van der Waals surface area contributed by atoms with E-state index < -0.39 is 5.60 Å². The molecule has 0 amide bonds. The van der Waals surface area contributed by atoms with Gasteiger partial charge in [0.05, 0.1) is 6.54 Å². The Morgan fingerprint density at radius 3 is 2.88 bits per heavy atom. The number of benzene rings is 1. The molecule has 0 saturated carbocycles. The van der Waals surface area contributed by atoms with E-state index in [1.54, 1.807) is 12.4 Å². The number of fused-ring (bicyclic) bond motifs is 3. The monoisotopic (exact) mass is 335 g/mol. The third kappa shape index (κ3) is 2.86. The predicted octanol–water partition coefficient (Wildman–Crippen LogP) is 3.24. The Balaban J connectivity index is 1.85. The molecule has 3 heterocycles. The van der Waals surface area contributed by atoms with Gasteiger partial charge in [0.15, 0.2) is 0 Å². The molecule has 1 aliphatic rings. The van der Waals surface area contributed by atoms with E-state index in [1.165, 1.54) is 27.7 Å². The van der Waals surface area contributed by atoms with Crippen molar-refractivity contribution in [2.45, 2.75) is 39.0 Å². The first kappa shape index (κ1) is 16.3. The molecule has 0 saturated heterocycles. The molecule has 2 aromatic heterocycles. The Bertz CT molecular complexity index is 912. The number of rotatable bonds is 3. The highest BCUT2D eigenvalue weighted by Gasteiger charge is 2.29. The number of hydrogen-bond acceptors (Lipinski definition) is 3. The van der Waals surface area contributed by atoms with Crippen molar-refractivity contribution in [2.24, 2.45) is 0 Å². The second-order valence-electron chi connectivity index (χ2n) is 7.54. The minimum atomic E-state index is -0.963. The molecule has 1 aromatic carbocycles. The van der Waals surface area contributed by atoms with Gasteiger partial charge in [0.25, 0.3) is 0 Å². The fourth-order valence-electron chi connectivity index (χ4n) is 3.95. The van der Waals surface area contributed by atoms with Gasteiger partial charge < -0.3 is 14.6 Å². The number of pyridine rings is 1. The van der Waals surface area contributed by atoms with Gasteiger partial charge >= 0.3 is 0 Å². The van der Waals surface area contributed by atoms with Gasteiger partial charge in [-0.2, -0.15) is 0 Å². The van der Waals surface area contributed by atoms with Crippen molar-refractivity contribution in [3.8, 4) is 0 Å². The van der Waals surface area contributed by atoms with Crippen LogP contribution in [0, 0.1) is 6.92 Å². The average Bonchev–Trinajstić information content (AvgIpc) is 2.88. The Kier molecular flexibility index (Phi) is 3.89. The second-order valence-corrected chi connectivity index (χ2v) is 7.54. The Morgan fingerprint density at radius 2 is 2.12 bits per heavy atom. The first-order chi connectivity index (χ1) is 12.0. The fourth-order valence-corrected chi connectivity index (χ4v) is 3.95. The van der Waals surface area contributed by atoms with Crippen molar-refractivity contribution in [3.05, 3.63) is 65.1 Å². The minimum Gasteiger partial charge on any atom is -0.384 e.